The Labute approximate surface area is 253 Å². The van der Waals surface area contributed by atoms with Crippen molar-refractivity contribution in [3.05, 3.63) is 82.2 Å². The van der Waals surface area contributed by atoms with Crippen molar-refractivity contribution in [1.29, 1.82) is 0 Å². The number of carbonyl (C=O) groups is 1. The Balaban J connectivity index is 1.19. The van der Waals surface area contributed by atoms with Gasteiger partial charge in [-0.15, -0.1) is 0 Å². The summed E-state index contributed by atoms with van der Waals surface area (Å²) in [6.45, 7) is 4.51. The molecule has 2 N–H and O–H groups in total. The minimum absolute atomic E-state index is 0.307. The molecule has 0 bridgehead atoms. The van der Waals surface area contributed by atoms with Crippen molar-refractivity contribution < 1.29 is 4.79 Å². The Morgan fingerprint density at radius 1 is 1.07 bits per heavy atom. The van der Waals surface area contributed by atoms with E-state index in [1.807, 2.05) is 6.07 Å². The second kappa shape index (κ2) is 11.6. The van der Waals surface area contributed by atoms with E-state index in [1.165, 1.54) is 31.5 Å². The number of nitrogens with zero attached hydrogens (tertiary/aromatic N) is 6. The van der Waals surface area contributed by atoms with Gasteiger partial charge in [-0.3, -0.25) is 14.8 Å². The number of amides is 1. The third-order valence-electron chi connectivity index (χ3n) is 8.41. The molecular formula is C31H32Cl2N8O. The molecule has 1 atom stereocenters. The number of imidazole rings is 2. The summed E-state index contributed by atoms with van der Waals surface area (Å²) in [6, 6.07) is 9.58. The Hall–Kier alpha value is -3.66. The first-order valence-electron chi connectivity index (χ1n) is 14.6. The molecule has 5 heterocycles. The molecule has 2 aliphatic rings. The first kappa shape index (κ1) is 27.2. The maximum absolute atomic E-state index is 13.7. The number of aryl methyl sites for hydroxylation is 2. The quantitative estimate of drug-likeness (QED) is 0.211. The van der Waals surface area contributed by atoms with E-state index in [9.17, 15) is 4.79 Å². The van der Waals surface area contributed by atoms with Gasteiger partial charge in [-0.05, 0) is 75.4 Å². The Morgan fingerprint density at radius 3 is 2.69 bits per heavy atom. The van der Waals surface area contributed by atoms with E-state index in [0.717, 1.165) is 55.6 Å². The van der Waals surface area contributed by atoms with E-state index >= 15 is 0 Å². The van der Waals surface area contributed by atoms with Crippen LogP contribution >= 0.6 is 23.2 Å². The first-order valence-corrected chi connectivity index (χ1v) is 15.3. The number of hydrogen-bond donors (Lipinski definition) is 2. The monoisotopic (exact) mass is 602 g/mol. The predicted molar refractivity (Wildman–Crippen MR) is 165 cm³/mol. The highest BCUT2D eigenvalue weighted by Crippen LogP contribution is 2.39. The molecule has 216 valence electrons. The van der Waals surface area contributed by atoms with Crippen LogP contribution in [0.5, 0.6) is 0 Å². The second-order valence-corrected chi connectivity index (χ2v) is 11.9. The third-order valence-corrected chi connectivity index (χ3v) is 9.11. The molecule has 42 heavy (non-hydrogen) atoms. The summed E-state index contributed by atoms with van der Waals surface area (Å²) in [7, 11) is 0. The van der Waals surface area contributed by atoms with Crippen molar-refractivity contribution in [2.45, 2.75) is 51.1 Å². The van der Waals surface area contributed by atoms with Crippen LogP contribution in [0.2, 0.25) is 10.0 Å². The van der Waals surface area contributed by atoms with Crippen LogP contribution in [0, 0.1) is 0 Å². The number of likely N-dealkylation sites (tertiary alicyclic amines) is 1. The SMILES string of the molecule is O=C(Nc1ncc[nH]1)C(c1ncn2c1CCC2)n1cc2c(Cl)cc(-c3ccc(CCCN4CCCC4)cc3)c(Cl)c2n1. The van der Waals surface area contributed by atoms with Crippen molar-refractivity contribution in [2.24, 2.45) is 0 Å². The third kappa shape index (κ3) is 5.21. The van der Waals surface area contributed by atoms with Crippen LogP contribution in [0.3, 0.4) is 0 Å². The fourth-order valence-electron chi connectivity index (χ4n) is 6.25. The van der Waals surface area contributed by atoms with Gasteiger partial charge in [-0.2, -0.15) is 5.10 Å². The number of aromatic nitrogens is 6. The Morgan fingerprint density at radius 2 is 1.90 bits per heavy atom. The average molecular weight is 604 g/mol. The van der Waals surface area contributed by atoms with Gasteiger partial charge in [0, 0.05) is 41.8 Å². The largest absolute Gasteiger partial charge is 0.334 e. The van der Waals surface area contributed by atoms with Crippen LogP contribution < -0.4 is 5.32 Å². The predicted octanol–water partition coefficient (Wildman–Crippen LogP) is 6.13. The van der Waals surface area contributed by atoms with Crippen molar-refractivity contribution in [3.63, 3.8) is 0 Å². The highest BCUT2D eigenvalue weighted by molar-refractivity contribution is 6.42. The summed E-state index contributed by atoms with van der Waals surface area (Å²) >= 11 is 13.8. The summed E-state index contributed by atoms with van der Waals surface area (Å²) in [6.07, 6.45) is 13.5. The minimum atomic E-state index is -0.827. The molecule has 2 aliphatic heterocycles. The summed E-state index contributed by atoms with van der Waals surface area (Å²) < 4.78 is 3.72. The first-order chi connectivity index (χ1) is 20.5. The number of anilines is 1. The molecule has 0 saturated carbocycles. The molecule has 7 rings (SSSR count). The number of nitrogens with one attached hydrogen (secondary N) is 2. The van der Waals surface area contributed by atoms with Crippen LogP contribution in [0.25, 0.3) is 22.0 Å². The van der Waals surface area contributed by atoms with Gasteiger partial charge in [0.25, 0.3) is 5.91 Å². The molecule has 5 aromatic rings. The van der Waals surface area contributed by atoms with Gasteiger partial charge >= 0.3 is 0 Å². The van der Waals surface area contributed by atoms with E-state index in [2.05, 4.69) is 54.0 Å². The standard InChI is InChI=1S/C31H32Cl2N8O/c32-24-17-22(21-9-7-20(8-10-21)5-3-15-39-13-1-2-14-39)26(33)27-23(24)18-41(38-27)29(30(42)37-31-34-11-12-35-31)28-25-6-4-16-40(25)19-36-28/h7-12,17-19,29H,1-6,13-16H2,(H2,34,35,37,42). The molecular weight excluding hydrogens is 571 g/mol. The summed E-state index contributed by atoms with van der Waals surface area (Å²) in [4.78, 5) is 27.9. The zero-order chi connectivity index (χ0) is 28.6. The average Bonchev–Trinajstić information content (AvgIpc) is 3.81. The Bertz CT molecular complexity index is 1720. The molecule has 1 fully saturated rings. The van der Waals surface area contributed by atoms with Gasteiger partial charge < -0.3 is 14.5 Å². The van der Waals surface area contributed by atoms with Gasteiger partial charge in [0.05, 0.1) is 22.1 Å². The molecule has 1 amide bonds. The van der Waals surface area contributed by atoms with Gasteiger partial charge in [0.1, 0.15) is 5.52 Å². The number of H-pyrrole nitrogens is 1. The number of aromatic amines is 1. The lowest BCUT2D eigenvalue weighted by Crippen LogP contribution is -2.29. The van der Waals surface area contributed by atoms with Crippen molar-refractivity contribution >= 4 is 46.0 Å². The maximum Gasteiger partial charge on any atom is 0.257 e. The van der Waals surface area contributed by atoms with Crippen molar-refractivity contribution in [3.8, 4) is 11.1 Å². The second-order valence-electron chi connectivity index (χ2n) is 11.1. The maximum atomic E-state index is 13.7. The number of rotatable bonds is 9. The number of fused-ring (bicyclic) bond motifs is 2. The zero-order valence-corrected chi connectivity index (χ0v) is 24.7. The van der Waals surface area contributed by atoms with Gasteiger partial charge in [-0.1, -0.05) is 47.5 Å². The van der Waals surface area contributed by atoms with Gasteiger partial charge in [0.2, 0.25) is 5.95 Å². The number of benzene rings is 2. The fourth-order valence-corrected chi connectivity index (χ4v) is 6.80. The summed E-state index contributed by atoms with van der Waals surface area (Å²) in [5.74, 6) is 0.0503. The van der Waals surface area contributed by atoms with E-state index in [1.54, 1.807) is 29.6 Å². The molecule has 11 heteroatoms. The molecule has 9 nitrogen and oxygen atoms in total. The highest BCUT2D eigenvalue weighted by atomic mass is 35.5. The summed E-state index contributed by atoms with van der Waals surface area (Å²) in [5.41, 5.74) is 5.33. The van der Waals surface area contributed by atoms with Crippen molar-refractivity contribution in [2.75, 3.05) is 25.0 Å². The zero-order valence-electron chi connectivity index (χ0n) is 23.2. The lowest BCUT2D eigenvalue weighted by molar-refractivity contribution is -0.118. The topological polar surface area (TPSA) is 96.7 Å². The number of halogens is 2. The summed E-state index contributed by atoms with van der Waals surface area (Å²) in [5, 5.41) is 9.40. The lowest BCUT2D eigenvalue weighted by atomic mass is 10.0. The van der Waals surface area contributed by atoms with Crippen LogP contribution in [-0.2, 0) is 24.2 Å². The Kier molecular flexibility index (Phi) is 7.48. The van der Waals surface area contributed by atoms with Crippen LogP contribution in [0.1, 0.15) is 48.7 Å². The molecule has 2 aromatic carbocycles. The molecule has 1 unspecified atom stereocenters. The smallest absolute Gasteiger partial charge is 0.257 e. The lowest BCUT2D eigenvalue weighted by Gasteiger charge is -2.16. The van der Waals surface area contributed by atoms with Crippen LogP contribution in [-0.4, -0.2) is 59.7 Å². The van der Waals surface area contributed by atoms with Crippen LogP contribution in [0.15, 0.2) is 55.2 Å². The number of carbonyl (C=O) groups excluding carboxylic acids is 1. The molecule has 1 saturated heterocycles. The van der Waals surface area contributed by atoms with E-state index in [0.29, 0.717) is 32.6 Å². The highest BCUT2D eigenvalue weighted by Gasteiger charge is 2.32. The minimum Gasteiger partial charge on any atom is -0.334 e. The van der Waals surface area contributed by atoms with Gasteiger partial charge in [0.15, 0.2) is 6.04 Å². The molecule has 3 aromatic heterocycles. The molecule has 0 aliphatic carbocycles. The fraction of sp³-hybridized carbons (Fsp3) is 0.355. The van der Waals surface area contributed by atoms with Crippen LogP contribution in [0.4, 0.5) is 5.95 Å². The van der Waals surface area contributed by atoms with E-state index in [4.69, 9.17) is 28.3 Å². The normalized spacial score (nSPS) is 15.9. The molecule has 0 spiro atoms. The van der Waals surface area contributed by atoms with Crippen molar-refractivity contribution in [1.82, 2.24) is 34.2 Å². The molecule has 0 radical (unpaired) electrons. The number of hydrogen-bond acceptors (Lipinski definition) is 5. The van der Waals surface area contributed by atoms with Gasteiger partial charge in [-0.25, -0.2) is 9.97 Å². The van der Waals surface area contributed by atoms with E-state index < -0.39 is 6.04 Å². The van der Waals surface area contributed by atoms with E-state index in [-0.39, 0.29) is 5.91 Å².